The Morgan fingerprint density at radius 3 is 2.74 bits per heavy atom. The molecule has 0 saturated heterocycles. The molecule has 0 aliphatic rings. The summed E-state index contributed by atoms with van der Waals surface area (Å²) >= 11 is 0. The first kappa shape index (κ1) is 11.3. The number of nitrogens with one attached hydrogen (secondary N) is 1. The molecule has 0 amide bonds. The first-order chi connectivity index (χ1) is 9.24. The number of aromatic hydroxyl groups is 1. The van der Waals surface area contributed by atoms with E-state index in [0.29, 0.717) is 11.5 Å². The molecular weight excluding hydrogens is 242 g/mol. The van der Waals surface area contributed by atoms with Gasteiger partial charge in [0.15, 0.2) is 0 Å². The monoisotopic (exact) mass is 253 g/mol. The van der Waals surface area contributed by atoms with Crippen LogP contribution in [0.15, 0.2) is 46.6 Å². The number of aryl methyl sites for hydroxylation is 1. The number of nitrogens with zero attached hydrogens (tertiary/aromatic N) is 4. The third-order valence-corrected chi connectivity index (χ3v) is 2.70. The molecule has 0 unspecified atom stereocenters. The molecule has 0 atom stereocenters. The zero-order valence-electron chi connectivity index (χ0n) is 10.2. The summed E-state index contributed by atoms with van der Waals surface area (Å²) in [6.45, 7) is 1.78. The van der Waals surface area contributed by atoms with E-state index >= 15 is 0 Å². The van der Waals surface area contributed by atoms with Crippen molar-refractivity contribution in [1.29, 1.82) is 0 Å². The number of phenolic OH excluding ortho intramolecular Hbond substituents is 1. The highest BCUT2D eigenvalue weighted by Gasteiger charge is 2.06. The van der Waals surface area contributed by atoms with E-state index in [0.717, 1.165) is 10.8 Å². The van der Waals surface area contributed by atoms with Gasteiger partial charge < -0.3 is 5.11 Å². The van der Waals surface area contributed by atoms with Gasteiger partial charge in [0.2, 0.25) is 0 Å². The summed E-state index contributed by atoms with van der Waals surface area (Å²) in [6, 6.07) is 11.1. The summed E-state index contributed by atoms with van der Waals surface area (Å²) in [6.07, 6.45) is 0. The zero-order valence-corrected chi connectivity index (χ0v) is 10.2. The number of phenols is 1. The SMILES string of the molecule is Cc1nc(N=Nc2c(O)ccc3ccccc23)n[nH]1. The van der Waals surface area contributed by atoms with E-state index in [1.54, 1.807) is 13.0 Å². The number of rotatable bonds is 2. The summed E-state index contributed by atoms with van der Waals surface area (Å²) in [7, 11) is 0. The van der Waals surface area contributed by atoms with Crippen LogP contribution < -0.4 is 0 Å². The third-order valence-electron chi connectivity index (χ3n) is 2.70. The van der Waals surface area contributed by atoms with Crippen molar-refractivity contribution >= 4 is 22.4 Å². The number of hydrogen-bond acceptors (Lipinski definition) is 5. The number of fused-ring (bicyclic) bond motifs is 1. The molecule has 2 N–H and O–H groups in total. The van der Waals surface area contributed by atoms with Gasteiger partial charge in [-0.15, -0.1) is 15.3 Å². The second-order valence-electron chi connectivity index (χ2n) is 4.08. The molecule has 6 nitrogen and oxygen atoms in total. The van der Waals surface area contributed by atoms with Gasteiger partial charge in [-0.1, -0.05) is 30.3 Å². The number of azo groups is 1. The standard InChI is InChI=1S/C13H11N5O/c1-8-14-13(17-15-8)18-16-12-10-5-3-2-4-9(10)6-7-11(12)19/h2-7,19H,1H3,(H,14,15,17). The Morgan fingerprint density at radius 1 is 1.11 bits per heavy atom. The van der Waals surface area contributed by atoms with Gasteiger partial charge in [0, 0.05) is 5.39 Å². The Morgan fingerprint density at radius 2 is 1.95 bits per heavy atom. The van der Waals surface area contributed by atoms with E-state index in [9.17, 15) is 5.11 Å². The average Bonchev–Trinajstić information content (AvgIpc) is 2.83. The van der Waals surface area contributed by atoms with Gasteiger partial charge >= 0.3 is 0 Å². The van der Waals surface area contributed by atoms with Crippen LogP contribution in [0.5, 0.6) is 5.75 Å². The number of benzene rings is 2. The van der Waals surface area contributed by atoms with Crippen LogP contribution in [-0.2, 0) is 0 Å². The molecule has 2 aromatic carbocycles. The molecule has 0 aliphatic heterocycles. The zero-order chi connectivity index (χ0) is 13.2. The Labute approximate surface area is 108 Å². The smallest absolute Gasteiger partial charge is 0.287 e. The molecule has 3 aromatic rings. The summed E-state index contributed by atoms with van der Waals surface area (Å²) in [5, 5.41) is 26.2. The lowest BCUT2D eigenvalue weighted by Gasteiger charge is -2.02. The molecule has 3 rings (SSSR count). The first-order valence-electron chi connectivity index (χ1n) is 5.75. The van der Waals surface area contributed by atoms with Crippen LogP contribution >= 0.6 is 0 Å². The van der Waals surface area contributed by atoms with E-state index in [1.165, 1.54) is 0 Å². The Hall–Kier alpha value is -2.76. The van der Waals surface area contributed by atoms with Crippen LogP contribution in [0.3, 0.4) is 0 Å². The first-order valence-corrected chi connectivity index (χ1v) is 5.75. The van der Waals surface area contributed by atoms with Gasteiger partial charge in [0.05, 0.1) is 0 Å². The van der Waals surface area contributed by atoms with Gasteiger partial charge in [-0.25, -0.2) is 0 Å². The van der Waals surface area contributed by atoms with Crippen molar-refractivity contribution in [2.24, 2.45) is 10.2 Å². The Balaban J connectivity index is 2.09. The molecule has 1 aromatic heterocycles. The number of aromatic amines is 1. The lowest BCUT2D eigenvalue weighted by Crippen LogP contribution is -1.75. The predicted molar refractivity (Wildman–Crippen MR) is 70.9 cm³/mol. The maximum absolute atomic E-state index is 9.89. The molecule has 0 saturated carbocycles. The van der Waals surface area contributed by atoms with Crippen LogP contribution in [0.25, 0.3) is 10.8 Å². The van der Waals surface area contributed by atoms with Crippen molar-refractivity contribution in [3.8, 4) is 5.75 Å². The summed E-state index contributed by atoms with van der Waals surface area (Å²) in [4.78, 5) is 4.03. The fourth-order valence-corrected chi connectivity index (χ4v) is 1.82. The highest BCUT2D eigenvalue weighted by Crippen LogP contribution is 2.35. The van der Waals surface area contributed by atoms with Crippen molar-refractivity contribution < 1.29 is 5.11 Å². The van der Waals surface area contributed by atoms with Crippen LogP contribution in [0.4, 0.5) is 11.6 Å². The molecule has 6 heteroatoms. The van der Waals surface area contributed by atoms with Crippen molar-refractivity contribution in [2.45, 2.75) is 6.92 Å². The normalized spacial score (nSPS) is 11.4. The Kier molecular flexibility index (Phi) is 2.68. The molecular formula is C13H11N5O. The quantitative estimate of drug-likeness (QED) is 0.686. The van der Waals surface area contributed by atoms with Crippen molar-refractivity contribution in [3.05, 3.63) is 42.2 Å². The van der Waals surface area contributed by atoms with E-state index < -0.39 is 0 Å². The topological polar surface area (TPSA) is 86.5 Å². The van der Waals surface area contributed by atoms with Gasteiger partial charge in [-0.05, 0) is 18.4 Å². The summed E-state index contributed by atoms with van der Waals surface area (Å²) in [5.74, 6) is 0.982. The average molecular weight is 253 g/mol. The highest BCUT2D eigenvalue weighted by molar-refractivity contribution is 5.95. The largest absolute Gasteiger partial charge is 0.506 e. The lowest BCUT2D eigenvalue weighted by atomic mass is 10.1. The fourth-order valence-electron chi connectivity index (χ4n) is 1.82. The highest BCUT2D eigenvalue weighted by atomic mass is 16.3. The Bertz CT molecular complexity index is 763. The molecule has 1 heterocycles. The summed E-state index contributed by atoms with van der Waals surface area (Å²) < 4.78 is 0. The number of hydrogen-bond donors (Lipinski definition) is 2. The van der Waals surface area contributed by atoms with Crippen molar-refractivity contribution in [2.75, 3.05) is 0 Å². The molecule has 19 heavy (non-hydrogen) atoms. The fraction of sp³-hybridized carbons (Fsp3) is 0.0769. The number of H-pyrrole nitrogens is 1. The van der Waals surface area contributed by atoms with Gasteiger partial charge in [-0.3, -0.25) is 5.10 Å². The van der Waals surface area contributed by atoms with Gasteiger partial charge in [0.25, 0.3) is 5.95 Å². The second kappa shape index (κ2) is 4.49. The second-order valence-corrected chi connectivity index (χ2v) is 4.08. The minimum atomic E-state index is 0.0784. The minimum Gasteiger partial charge on any atom is -0.506 e. The summed E-state index contributed by atoms with van der Waals surface area (Å²) in [5.41, 5.74) is 0.417. The lowest BCUT2D eigenvalue weighted by molar-refractivity contribution is 0.477. The van der Waals surface area contributed by atoms with Crippen LogP contribution in [-0.4, -0.2) is 20.3 Å². The minimum absolute atomic E-state index is 0.0784. The molecule has 0 fully saturated rings. The molecule has 94 valence electrons. The third kappa shape index (κ3) is 2.15. The van der Waals surface area contributed by atoms with Crippen LogP contribution in [0.1, 0.15) is 5.82 Å². The van der Waals surface area contributed by atoms with Crippen molar-refractivity contribution in [3.63, 3.8) is 0 Å². The maximum atomic E-state index is 9.89. The molecule has 0 spiro atoms. The van der Waals surface area contributed by atoms with E-state index in [2.05, 4.69) is 25.4 Å². The van der Waals surface area contributed by atoms with E-state index in [-0.39, 0.29) is 11.7 Å². The number of aromatic nitrogens is 3. The van der Waals surface area contributed by atoms with E-state index in [1.807, 2.05) is 30.3 Å². The maximum Gasteiger partial charge on any atom is 0.287 e. The predicted octanol–water partition coefficient (Wildman–Crippen LogP) is 3.39. The molecule has 0 aliphatic carbocycles. The van der Waals surface area contributed by atoms with E-state index in [4.69, 9.17) is 0 Å². The van der Waals surface area contributed by atoms with Gasteiger partial charge in [0.1, 0.15) is 17.3 Å². The molecule has 0 bridgehead atoms. The van der Waals surface area contributed by atoms with Crippen LogP contribution in [0, 0.1) is 6.92 Å². The van der Waals surface area contributed by atoms with Crippen molar-refractivity contribution in [1.82, 2.24) is 15.2 Å². The molecule has 0 radical (unpaired) electrons. The van der Waals surface area contributed by atoms with Gasteiger partial charge in [-0.2, -0.15) is 4.98 Å². The van der Waals surface area contributed by atoms with Crippen LogP contribution in [0.2, 0.25) is 0 Å².